The van der Waals surface area contributed by atoms with E-state index in [1.807, 2.05) is 0 Å². The van der Waals surface area contributed by atoms with E-state index in [1.54, 1.807) is 0 Å². The van der Waals surface area contributed by atoms with Crippen molar-refractivity contribution < 1.29 is 0 Å². The summed E-state index contributed by atoms with van der Waals surface area (Å²) in [4.78, 5) is 0. The number of unbranched alkanes of at least 4 members (excludes halogenated alkanes) is 2. The second kappa shape index (κ2) is 8.04. The van der Waals surface area contributed by atoms with Gasteiger partial charge < -0.3 is 0 Å². The number of hydrogen-bond donors (Lipinski definition) is 0. The first kappa shape index (κ1) is 17.3. The van der Waals surface area contributed by atoms with Crippen molar-refractivity contribution in [3.63, 3.8) is 0 Å². The van der Waals surface area contributed by atoms with Crippen LogP contribution >= 0.6 is 0 Å². The lowest BCUT2D eigenvalue weighted by molar-refractivity contribution is 0.717. The summed E-state index contributed by atoms with van der Waals surface area (Å²) in [6, 6.07) is 21.5. The maximum absolute atomic E-state index is 4.46. The minimum atomic E-state index is 0.277. The summed E-state index contributed by atoms with van der Waals surface area (Å²) >= 11 is 0. The molecule has 0 spiro atoms. The SMILES string of the molecule is C=C1C(C#CCCCC)=C(C)[C@@H](c2ccccc2)[C@@H]1c1ccccc1. The van der Waals surface area contributed by atoms with Crippen LogP contribution in [0.5, 0.6) is 0 Å². The largest absolute Gasteiger partial charge is 0.0979 e. The topological polar surface area (TPSA) is 0 Å². The van der Waals surface area contributed by atoms with Gasteiger partial charge in [-0.25, -0.2) is 0 Å². The highest BCUT2D eigenvalue weighted by Gasteiger charge is 2.36. The first-order chi connectivity index (χ1) is 12.2. The Labute approximate surface area is 152 Å². The Balaban J connectivity index is 2.03. The van der Waals surface area contributed by atoms with Crippen molar-refractivity contribution in [3.05, 3.63) is 95.1 Å². The van der Waals surface area contributed by atoms with Crippen LogP contribution in [0.1, 0.15) is 56.1 Å². The molecule has 0 fully saturated rings. The molecule has 2 atom stereocenters. The van der Waals surface area contributed by atoms with Crippen molar-refractivity contribution in [2.75, 3.05) is 0 Å². The maximum Gasteiger partial charge on any atom is 0.0273 e. The molecule has 0 heteroatoms. The predicted molar refractivity (Wildman–Crippen MR) is 108 cm³/mol. The van der Waals surface area contributed by atoms with E-state index in [1.165, 1.54) is 34.3 Å². The molecule has 0 nitrogen and oxygen atoms in total. The van der Waals surface area contributed by atoms with Crippen LogP contribution in [0.4, 0.5) is 0 Å². The summed E-state index contributed by atoms with van der Waals surface area (Å²) in [5, 5.41) is 0. The first-order valence-electron chi connectivity index (χ1n) is 9.22. The maximum atomic E-state index is 4.46. The Kier molecular flexibility index (Phi) is 5.56. The van der Waals surface area contributed by atoms with E-state index in [9.17, 15) is 0 Å². The lowest BCUT2D eigenvalue weighted by Crippen LogP contribution is -2.08. The van der Waals surface area contributed by atoms with E-state index in [-0.39, 0.29) is 5.92 Å². The molecule has 0 unspecified atom stereocenters. The molecule has 0 saturated heterocycles. The van der Waals surface area contributed by atoms with Crippen molar-refractivity contribution in [1.29, 1.82) is 0 Å². The van der Waals surface area contributed by atoms with Crippen LogP contribution in [0, 0.1) is 11.8 Å². The monoisotopic (exact) mass is 326 g/mol. The second-order valence-electron chi connectivity index (χ2n) is 6.77. The zero-order valence-electron chi connectivity index (χ0n) is 15.3. The summed E-state index contributed by atoms with van der Waals surface area (Å²) in [7, 11) is 0. The Morgan fingerprint density at radius 1 is 0.880 bits per heavy atom. The molecule has 3 rings (SSSR count). The standard InChI is InChI=1S/C25H26/c1-4-5-6-13-18-23-19(2)24(21-14-9-7-10-15-21)25(20(23)3)22-16-11-8-12-17-22/h7-12,14-17,24-25H,2,4-6H2,1,3H3/t24-,25-/m0/s1. The first-order valence-corrected chi connectivity index (χ1v) is 9.22. The molecule has 0 aliphatic heterocycles. The van der Waals surface area contributed by atoms with Gasteiger partial charge in [0.15, 0.2) is 0 Å². The van der Waals surface area contributed by atoms with Crippen LogP contribution in [0.15, 0.2) is 84.0 Å². The van der Waals surface area contributed by atoms with Gasteiger partial charge >= 0.3 is 0 Å². The van der Waals surface area contributed by atoms with Gasteiger partial charge in [0.1, 0.15) is 0 Å². The molecule has 0 amide bonds. The smallest absolute Gasteiger partial charge is 0.0273 e. The summed E-state index contributed by atoms with van der Waals surface area (Å²) in [5.74, 6) is 7.41. The average molecular weight is 326 g/mol. The van der Waals surface area contributed by atoms with Gasteiger partial charge in [-0.15, -0.1) is 0 Å². The molecule has 25 heavy (non-hydrogen) atoms. The number of benzene rings is 2. The van der Waals surface area contributed by atoms with Gasteiger partial charge in [0, 0.05) is 23.8 Å². The predicted octanol–water partition coefficient (Wildman–Crippen LogP) is 6.63. The van der Waals surface area contributed by atoms with Crippen LogP contribution < -0.4 is 0 Å². The summed E-state index contributed by atoms with van der Waals surface area (Å²) in [6.45, 7) is 8.90. The van der Waals surface area contributed by atoms with Gasteiger partial charge in [0.25, 0.3) is 0 Å². The molecule has 0 saturated carbocycles. The highest BCUT2D eigenvalue weighted by molar-refractivity contribution is 5.62. The van der Waals surface area contributed by atoms with Gasteiger partial charge in [0.2, 0.25) is 0 Å². The Hall–Kier alpha value is -2.52. The minimum Gasteiger partial charge on any atom is -0.0979 e. The molecule has 0 bridgehead atoms. The van der Waals surface area contributed by atoms with Gasteiger partial charge in [-0.3, -0.25) is 0 Å². The van der Waals surface area contributed by atoms with Crippen molar-refractivity contribution in [2.45, 2.75) is 44.9 Å². The third-order valence-electron chi connectivity index (χ3n) is 5.08. The molecule has 0 N–H and O–H groups in total. The minimum absolute atomic E-state index is 0.277. The van der Waals surface area contributed by atoms with Gasteiger partial charge in [-0.05, 0) is 35.6 Å². The second-order valence-corrected chi connectivity index (χ2v) is 6.77. The zero-order valence-corrected chi connectivity index (χ0v) is 15.3. The Morgan fingerprint density at radius 3 is 2.00 bits per heavy atom. The molecular weight excluding hydrogens is 300 g/mol. The van der Waals surface area contributed by atoms with E-state index >= 15 is 0 Å². The highest BCUT2D eigenvalue weighted by Crippen LogP contribution is 2.51. The quantitative estimate of drug-likeness (QED) is 0.437. The highest BCUT2D eigenvalue weighted by atomic mass is 14.4. The van der Waals surface area contributed by atoms with E-state index in [0.717, 1.165) is 12.8 Å². The van der Waals surface area contributed by atoms with Crippen LogP contribution in [0.3, 0.4) is 0 Å². The normalized spacial score (nSPS) is 19.7. The Bertz CT molecular complexity index is 813. The molecule has 1 aliphatic carbocycles. The molecule has 126 valence electrons. The lowest BCUT2D eigenvalue weighted by atomic mass is 9.80. The van der Waals surface area contributed by atoms with Gasteiger partial charge in [0.05, 0.1) is 0 Å². The molecule has 2 aromatic carbocycles. The third-order valence-corrected chi connectivity index (χ3v) is 5.08. The average Bonchev–Trinajstić information content (AvgIpc) is 2.91. The van der Waals surface area contributed by atoms with Gasteiger partial charge in [-0.1, -0.05) is 92.4 Å². The molecule has 2 aromatic rings. The van der Waals surface area contributed by atoms with Crippen LogP contribution in [-0.2, 0) is 0 Å². The zero-order chi connectivity index (χ0) is 17.6. The number of rotatable bonds is 4. The fourth-order valence-electron chi connectivity index (χ4n) is 3.77. The fourth-order valence-corrected chi connectivity index (χ4v) is 3.77. The lowest BCUT2D eigenvalue weighted by Gasteiger charge is -2.23. The summed E-state index contributed by atoms with van der Waals surface area (Å²) in [5.41, 5.74) is 6.36. The van der Waals surface area contributed by atoms with E-state index in [0.29, 0.717) is 5.92 Å². The van der Waals surface area contributed by atoms with Crippen molar-refractivity contribution >= 4 is 0 Å². The summed E-state index contributed by atoms with van der Waals surface area (Å²) < 4.78 is 0. The molecule has 0 radical (unpaired) electrons. The Morgan fingerprint density at radius 2 is 1.44 bits per heavy atom. The van der Waals surface area contributed by atoms with E-state index in [2.05, 4.69) is 92.9 Å². The van der Waals surface area contributed by atoms with Crippen molar-refractivity contribution in [2.24, 2.45) is 0 Å². The van der Waals surface area contributed by atoms with Crippen molar-refractivity contribution in [3.8, 4) is 11.8 Å². The van der Waals surface area contributed by atoms with E-state index in [4.69, 9.17) is 0 Å². The third kappa shape index (κ3) is 3.62. The fraction of sp³-hybridized carbons (Fsp3) is 0.280. The van der Waals surface area contributed by atoms with Crippen LogP contribution in [0.2, 0.25) is 0 Å². The van der Waals surface area contributed by atoms with Gasteiger partial charge in [-0.2, -0.15) is 0 Å². The van der Waals surface area contributed by atoms with E-state index < -0.39 is 0 Å². The molecular formula is C25H26. The number of allylic oxidation sites excluding steroid dienone is 3. The summed E-state index contributed by atoms with van der Waals surface area (Å²) in [6.07, 6.45) is 3.32. The van der Waals surface area contributed by atoms with Crippen LogP contribution in [-0.4, -0.2) is 0 Å². The molecule has 0 aromatic heterocycles. The van der Waals surface area contributed by atoms with Crippen molar-refractivity contribution in [1.82, 2.24) is 0 Å². The molecule has 1 aliphatic rings. The van der Waals surface area contributed by atoms with Crippen LogP contribution in [0.25, 0.3) is 0 Å². The molecule has 0 heterocycles. The number of hydrogen-bond acceptors (Lipinski definition) is 0.